The van der Waals surface area contributed by atoms with Crippen LogP contribution in [0, 0.1) is 0 Å². The molecule has 0 aliphatic rings. The molecular formula is C12H17N. The van der Waals surface area contributed by atoms with Crippen LogP contribution in [0.15, 0.2) is 54.2 Å². The Labute approximate surface area is 80.9 Å². The van der Waals surface area contributed by atoms with Crippen LogP contribution in [0.4, 0.5) is 0 Å². The van der Waals surface area contributed by atoms with Crippen molar-refractivity contribution in [2.75, 3.05) is 0 Å². The fraction of sp³-hybridized carbons (Fsp3) is 0.250. The van der Waals surface area contributed by atoms with Crippen LogP contribution in [-0.4, -0.2) is 5.71 Å². The van der Waals surface area contributed by atoms with Gasteiger partial charge >= 0.3 is 0 Å². The van der Waals surface area contributed by atoms with E-state index in [0.29, 0.717) is 0 Å². The van der Waals surface area contributed by atoms with E-state index in [1.165, 1.54) is 0 Å². The maximum absolute atomic E-state index is 4.39. The monoisotopic (exact) mass is 175 g/mol. The third-order valence-electron chi connectivity index (χ3n) is 1.57. The van der Waals surface area contributed by atoms with Crippen molar-refractivity contribution in [3.63, 3.8) is 0 Å². The second-order valence-corrected chi connectivity index (χ2v) is 2.73. The number of nitrogens with zero attached hydrogens (tertiary/aromatic N) is 1. The minimum Gasteiger partial charge on any atom is -0.253 e. The van der Waals surface area contributed by atoms with Crippen LogP contribution >= 0.6 is 0 Å². The Morgan fingerprint density at radius 3 is 2.31 bits per heavy atom. The summed E-state index contributed by atoms with van der Waals surface area (Å²) in [6.45, 7) is 15.1. The van der Waals surface area contributed by atoms with Crippen molar-refractivity contribution >= 4 is 5.71 Å². The molecule has 0 unspecified atom stereocenters. The average Bonchev–Trinajstić information content (AvgIpc) is 2.11. The van der Waals surface area contributed by atoms with Crippen LogP contribution < -0.4 is 0 Å². The van der Waals surface area contributed by atoms with Gasteiger partial charge in [0.1, 0.15) is 0 Å². The van der Waals surface area contributed by atoms with Crippen molar-refractivity contribution in [1.29, 1.82) is 0 Å². The first-order valence-corrected chi connectivity index (χ1v) is 4.34. The molecule has 0 saturated heterocycles. The molecule has 0 heterocycles. The molecular weight excluding hydrogens is 158 g/mol. The lowest BCUT2D eigenvalue weighted by Crippen LogP contribution is -1.91. The summed E-state index contributed by atoms with van der Waals surface area (Å²) in [5.74, 6) is 0. The second kappa shape index (κ2) is 6.18. The lowest BCUT2D eigenvalue weighted by atomic mass is 10.2. The molecule has 70 valence electrons. The summed E-state index contributed by atoms with van der Waals surface area (Å²) in [6, 6.07) is 0. The maximum atomic E-state index is 4.39. The highest BCUT2D eigenvalue weighted by Crippen LogP contribution is 2.09. The summed E-state index contributed by atoms with van der Waals surface area (Å²) in [6.07, 6.45) is 6.20. The molecule has 0 bridgehead atoms. The molecule has 1 nitrogen and oxygen atoms in total. The molecule has 0 fully saturated rings. The Morgan fingerprint density at radius 2 is 2.00 bits per heavy atom. The number of rotatable bonds is 5. The van der Waals surface area contributed by atoms with Crippen LogP contribution in [0.1, 0.15) is 20.3 Å². The number of hydrogen-bond acceptors (Lipinski definition) is 1. The Hall–Kier alpha value is -1.37. The van der Waals surface area contributed by atoms with Gasteiger partial charge in [-0.05, 0) is 31.1 Å². The van der Waals surface area contributed by atoms with E-state index < -0.39 is 0 Å². The quantitative estimate of drug-likeness (QED) is 0.446. The van der Waals surface area contributed by atoms with Gasteiger partial charge in [-0.2, -0.15) is 0 Å². The highest BCUT2D eigenvalue weighted by molar-refractivity contribution is 5.95. The van der Waals surface area contributed by atoms with Gasteiger partial charge in [-0.3, -0.25) is 4.99 Å². The van der Waals surface area contributed by atoms with Crippen molar-refractivity contribution in [1.82, 2.24) is 0 Å². The summed E-state index contributed by atoms with van der Waals surface area (Å²) in [4.78, 5) is 4.39. The number of allylic oxidation sites excluding steroid dienone is 4. The summed E-state index contributed by atoms with van der Waals surface area (Å²) in [7, 11) is 0. The first-order chi connectivity index (χ1) is 6.15. The average molecular weight is 175 g/mol. The predicted octanol–water partition coefficient (Wildman–Crippen LogP) is 3.67. The molecule has 0 N–H and O–H groups in total. The normalized spacial score (nSPS) is 12.5. The lowest BCUT2D eigenvalue weighted by molar-refractivity contribution is 1.23. The Bertz CT molecular complexity index is 267. The third kappa shape index (κ3) is 4.26. The molecule has 0 amide bonds. The molecule has 0 spiro atoms. The Kier molecular flexibility index (Phi) is 5.53. The molecule has 1 heteroatoms. The van der Waals surface area contributed by atoms with E-state index in [2.05, 4.69) is 24.7 Å². The van der Waals surface area contributed by atoms with Crippen LogP contribution in [-0.2, 0) is 0 Å². The largest absolute Gasteiger partial charge is 0.253 e. The zero-order valence-electron chi connectivity index (χ0n) is 8.51. The van der Waals surface area contributed by atoms with Gasteiger partial charge in [-0.15, -0.1) is 0 Å². The molecule has 0 aliphatic carbocycles. The van der Waals surface area contributed by atoms with Crippen molar-refractivity contribution in [2.24, 2.45) is 4.99 Å². The van der Waals surface area contributed by atoms with Gasteiger partial charge in [-0.25, -0.2) is 0 Å². The molecule has 0 aromatic carbocycles. The third-order valence-corrected chi connectivity index (χ3v) is 1.57. The molecule has 0 saturated carbocycles. The zero-order chi connectivity index (χ0) is 10.3. The Balaban J connectivity index is 4.87. The van der Waals surface area contributed by atoms with E-state index in [1.807, 2.05) is 19.9 Å². The molecule has 0 radical (unpaired) electrons. The fourth-order valence-electron chi connectivity index (χ4n) is 0.810. The summed E-state index contributed by atoms with van der Waals surface area (Å²) in [5, 5.41) is 0. The minimum absolute atomic E-state index is 0.867. The summed E-state index contributed by atoms with van der Waals surface area (Å²) < 4.78 is 0. The molecule has 0 aromatic heterocycles. The van der Waals surface area contributed by atoms with Gasteiger partial charge in [0, 0.05) is 5.71 Å². The van der Waals surface area contributed by atoms with Gasteiger partial charge in [-0.1, -0.05) is 32.7 Å². The van der Waals surface area contributed by atoms with Gasteiger partial charge < -0.3 is 0 Å². The standard InChI is InChI=1S/C12H17N/c1-6-9-12(10(4)5)13-11(7-2)8-3/h6-7,9H,1-2,4,8H2,3,5H3/b12-9+,13-11?. The van der Waals surface area contributed by atoms with Crippen LogP contribution in [0.25, 0.3) is 0 Å². The van der Waals surface area contributed by atoms with E-state index in [0.717, 1.165) is 23.4 Å². The first-order valence-electron chi connectivity index (χ1n) is 4.34. The molecule has 0 rings (SSSR count). The molecule has 13 heavy (non-hydrogen) atoms. The van der Waals surface area contributed by atoms with Crippen LogP contribution in [0.2, 0.25) is 0 Å². The fourth-order valence-corrected chi connectivity index (χ4v) is 0.810. The van der Waals surface area contributed by atoms with Crippen molar-refractivity contribution in [2.45, 2.75) is 20.3 Å². The second-order valence-electron chi connectivity index (χ2n) is 2.73. The minimum atomic E-state index is 0.867. The number of aliphatic imine (C=N–C) groups is 1. The maximum Gasteiger partial charge on any atom is 0.0655 e. The SMILES string of the molecule is C=C/C=C(/N=C(C=C)CC)C(=C)C. The molecule has 0 aliphatic heterocycles. The van der Waals surface area contributed by atoms with Gasteiger partial charge in [0.2, 0.25) is 0 Å². The van der Waals surface area contributed by atoms with E-state index in [-0.39, 0.29) is 0 Å². The van der Waals surface area contributed by atoms with E-state index >= 15 is 0 Å². The molecule has 0 aromatic rings. The summed E-state index contributed by atoms with van der Waals surface area (Å²) in [5.41, 5.74) is 2.77. The molecule has 0 atom stereocenters. The van der Waals surface area contributed by atoms with Gasteiger partial charge in [0.25, 0.3) is 0 Å². The summed E-state index contributed by atoms with van der Waals surface area (Å²) >= 11 is 0. The number of hydrogen-bond donors (Lipinski definition) is 0. The highest BCUT2D eigenvalue weighted by Gasteiger charge is 1.95. The van der Waals surface area contributed by atoms with E-state index in [4.69, 9.17) is 0 Å². The predicted molar refractivity (Wildman–Crippen MR) is 61.0 cm³/mol. The van der Waals surface area contributed by atoms with Crippen LogP contribution in [0.5, 0.6) is 0 Å². The smallest absolute Gasteiger partial charge is 0.0655 e. The van der Waals surface area contributed by atoms with Gasteiger partial charge in [0.05, 0.1) is 5.70 Å². The van der Waals surface area contributed by atoms with Crippen molar-refractivity contribution in [3.8, 4) is 0 Å². The first kappa shape index (κ1) is 11.6. The topological polar surface area (TPSA) is 12.4 Å². The zero-order valence-corrected chi connectivity index (χ0v) is 8.51. The highest BCUT2D eigenvalue weighted by atomic mass is 14.8. The van der Waals surface area contributed by atoms with E-state index in [1.54, 1.807) is 12.2 Å². The van der Waals surface area contributed by atoms with Crippen molar-refractivity contribution < 1.29 is 0 Å². The van der Waals surface area contributed by atoms with Crippen molar-refractivity contribution in [3.05, 3.63) is 49.2 Å². The lowest BCUT2D eigenvalue weighted by Gasteiger charge is -2.01. The van der Waals surface area contributed by atoms with Gasteiger partial charge in [0.15, 0.2) is 0 Å². The van der Waals surface area contributed by atoms with E-state index in [9.17, 15) is 0 Å². The van der Waals surface area contributed by atoms with Crippen LogP contribution in [0.3, 0.4) is 0 Å². The Morgan fingerprint density at radius 1 is 1.38 bits per heavy atom.